The predicted octanol–water partition coefficient (Wildman–Crippen LogP) is 4.03. The van der Waals surface area contributed by atoms with Gasteiger partial charge in [0, 0.05) is 17.3 Å². The SMILES string of the molecule is OCc1cccnc1Oc1ccccc1-c1ccccc1. The van der Waals surface area contributed by atoms with Crippen LogP contribution >= 0.6 is 0 Å². The van der Waals surface area contributed by atoms with E-state index in [-0.39, 0.29) is 6.61 Å². The van der Waals surface area contributed by atoms with E-state index in [1.165, 1.54) is 0 Å². The standard InChI is InChI=1S/C18H15NO2/c20-13-15-9-6-12-19-18(15)21-17-11-5-4-10-16(17)14-7-2-1-3-8-14/h1-12,20H,13H2. The minimum Gasteiger partial charge on any atom is -0.438 e. The zero-order chi connectivity index (χ0) is 14.5. The Balaban J connectivity index is 2.00. The quantitative estimate of drug-likeness (QED) is 0.782. The third-order valence-corrected chi connectivity index (χ3v) is 3.20. The molecule has 0 saturated carbocycles. The summed E-state index contributed by atoms with van der Waals surface area (Å²) < 4.78 is 5.91. The maximum absolute atomic E-state index is 9.36. The topological polar surface area (TPSA) is 42.4 Å². The van der Waals surface area contributed by atoms with Crippen LogP contribution in [-0.2, 0) is 6.61 Å². The predicted molar refractivity (Wildman–Crippen MR) is 82.1 cm³/mol. The maximum Gasteiger partial charge on any atom is 0.224 e. The average Bonchev–Trinajstić information content (AvgIpc) is 2.57. The van der Waals surface area contributed by atoms with Gasteiger partial charge in [0.25, 0.3) is 0 Å². The molecule has 3 heteroatoms. The molecule has 0 atom stereocenters. The monoisotopic (exact) mass is 277 g/mol. The van der Waals surface area contributed by atoms with Crippen LogP contribution in [0.5, 0.6) is 11.6 Å². The molecule has 0 saturated heterocycles. The van der Waals surface area contributed by atoms with Gasteiger partial charge in [0.15, 0.2) is 0 Å². The largest absolute Gasteiger partial charge is 0.438 e. The van der Waals surface area contributed by atoms with E-state index in [0.29, 0.717) is 11.4 Å². The van der Waals surface area contributed by atoms with Crippen LogP contribution in [0.15, 0.2) is 72.9 Å². The fraction of sp³-hybridized carbons (Fsp3) is 0.0556. The lowest BCUT2D eigenvalue weighted by Crippen LogP contribution is -1.95. The summed E-state index contributed by atoms with van der Waals surface area (Å²) in [6.07, 6.45) is 1.65. The van der Waals surface area contributed by atoms with Crippen LogP contribution in [0.25, 0.3) is 11.1 Å². The Labute approximate surface area is 123 Å². The van der Waals surface area contributed by atoms with Gasteiger partial charge in [-0.05, 0) is 23.8 Å². The molecule has 3 nitrogen and oxygen atoms in total. The average molecular weight is 277 g/mol. The molecule has 0 fully saturated rings. The summed E-state index contributed by atoms with van der Waals surface area (Å²) in [7, 11) is 0. The molecular weight excluding hydrogens is 262 g/mol. The van der Waals surface area contributed by atoms with Gasteiger partial charge in [0.1, 0.15) is 5.75 Å². The number of aliphatic hydroxyl groups is 1. The first-order valence-corrected chi connectivity index (χ1v) is 6.75. The molecule has 0 spiro atoms. The number of ether oxygens (including phenoxy) is 1. The Kier molecular flexibility index (Phi) is 3.94. The van der Waals surface area contributed by atoms with Gasteiger partial charge in [-0.3, -0.25) is 0 Å². The molecule has 0 aliphatic carbocycles. The smallest absolute Gasteiger partial charge is 0.224 e. The molecule has 0 radical (unpaired) electrons. The lowest BCUT2D eigenvalue weighted by atomic mass is 10.1. The molecule has 1 N–H and O–H groups in total. The van der Waals surface area contributed by atoms with E-state index in [2.05, 4.69) is 4.98 Å². The third-order valence-electron chi connectivity index (χ3n) is 3.20. The highest BCUT2D eigenvalue weighted by Crippen LogP contribution is 2.33. The molecule has 0 aliphatic heterocycles. The third kappa shape index (κ3) is 2.93. The van der Waals surface area contributed by atoms with Crippen molar-refractivity contribution in [1.29, 1.82) is 0 Å². The lowest BCUT2D eigenvalue weighted by Gasteiger charge is -2.12. The first kappa shape index (κ1) is 13.3. The maximum atomic E-state index is 9.36. The summed E-state index contributed by atoms with van der Waals surface area (Å²) in [5.74, 6) is 1.15. The molecule has 0 aliphatic rings. The van der Waals surface area contributed by atoms with Crippen molar-refractivity contribution in [2.24, 2.45) is 0 Å². The van der Waals surface area contributed by atoms with Gasteiger partial charge in [0.2, 0.25) is 5.88 Å². The first-order valence-electron chi connectivity index (χ1n) is 6.75. The number of hydrogen-bond acceptors (Lipinski definition) is 3. The molecule has 0 bridgehead atoms. The van der Waals surface area contributed by atoms with Crippen molar-refractivity contribution in [3.8, 4) is 22.8 Å². The number of aromatic nitrogens is 1. The molecule has 0 amide bonds. The highest BCUT2D eigenvalue weighted by molar-refractivity contribution is 5.70. The molecule has 21 heavy (non-hydrogen) atoms. The van der Waals surface area contributed by atoms with Gasteiger partial charge in [-0.15, -0.1) is 0 Å². The van der Waals surface area contributed by atoms with Crippen LogP contribution in [0.3, 0.4) is 0 Å². The summed E-state index contributed by atoms with van der Waals surface area (Å²) in [5, 5.41) is 9.36. The van der Waals surface area contributed by atoms with Crippen molar-refractivity contribution in [2.45, 2.75) is 6.61 Å². The van der Waals surface area contributed by atoms with Gasteiger partial charge in [-0.1, -0.05) is 48.5 Å². The van der Waals surface area contributed by atoms with E-state index in [1.54, 1.807) is 18.3 Å². The molecule has 3 aromatic rings. The number of benzene rings is 2. The van der Waals surface area contributed by atoms with Crippen LogP contribution in [0.1, 0.15) is 5.56 Å². The van der Waals surface area contributed by atoms with Crippen molar-refractivity contribution in [1.82, 2.24) is 4.98 Å². The van der Waals surface area contributed by atoms with E-state index in [9.17, 15) is 5.11 Å². The number of rotatable bonds is 4. The van der Waals surface area contributed by atoms with Gasteiger partial charge in [-0.25, -0.2) is 4.98 Å². The van der Waals surface area contributed by atoms with Crippen LogP contribution in [0, 0.1) is 0 Å². The van der Waals surface area contributed by atoms with Crippen molar-refractivity contribution >= 4 is 0 Å². The zero-order valence-electron chi connectivity index (χ0n) is 11.4. The van der Waals surface area contributed by atoms with E-state index in [4.69, 9.17) is 4.74 Å². The number of pyridine rings is 1. The second kappa shape index (κ2) is 6.20. The Morgan fingerprint density at radius 3 is 2.43 bits per heavy atom. The van der Waals surface area contributed by atoms with Crippen molar-refractivity contribution in [3.05, 3.63) is 78.5 Å². The van der Waals surface area contributed by atoms with Crippen molar-refractivity contribution in [2.75, 3.05) is 0 Å². The summed E-state index contributed by atoms with van der Waals surface area (Å²) in [6, 6.07) is 21.4. The molecule has 0 unspecified atom stereocenters. The normalized spacial score (nSPS) is 10.3. The van der Waals surface area contributed by atoms with Crippen LogP contribution < -0.4 is 4.74 Å². The second-order valence-corrected chi connectivity index (χ2v) is 4.59. The highest BCUT2D eigenvalue weighted by Gasteiger charge is 2.09. The van der Waals surface area contributed by atoms with Gasteiger partial charge in [0.05, 0.1) is 6.61 Å². The Morgan fingerprint density at radius 1 is 0.857 bits per heavy atom. The molecule has 1 heterocycles. The number of para-hydroxylation sites is 1. The van der Waals surface area contributed by atoms with Gasteiger partial charge >= 0.3 is 0 Å². The second-order valence-electron chi connectivity index (χ2n) is 4.59. The highest BCUT2D eigenvalue weighted by atomic mass is 16.5. The summed E-state index contributed by atoms with van der Waals surface area (Å²) >= 11 is 0. The van der Waals surface area contributed by atoms with Crippen molar-refractivity contribution in [3.63, 3.8) is 0 Å². The minimum absolute atomic E-state index is 0.101. The van der Waals surface area contributed by atoms with E-state index in [1.807, 2.05) is 54.6 Å². The van der Waals surface area contributed by atoms with Crippen LogP contribution in [-0.4, -0.2) is 10.1 Å². The number of aliphatic hydroxyl groups excluding tert-OH is 1. The van der Waals surface area contributed by atoms with Crippen LogP contribution in [0.2, 0.25) is 0 Å². The lowest BCUT2D eigenvalue weighted by molar-refractivity contribution is 0.275. The molecule has 104 valence electrons. The summed E-state index contributed by atoms with van der Waals surface area (Å²) in [6.45, 7) is -0.101. The Bertz CT molecular complexity index is 726. The Hall–Kier alpha value is -2.65. The minimum atomic E-state index is -0.101. The number of hydrogen-bond donors (Lipinski definition) is 1. The van der Waals surface area contributed by atoms with E-state index >= 15 is 0 Å². The van der Waals surface area contributed by atoms with Crippen molar-refractivity contribution < 1.29 is 9.84 Å². The first-order chi connectivity index (χ1) is 10.4. The summed E-state index contributed by atoms with van der Waals surface area (Å²) in [5.41, 5.74) is 2.74. The van der Waals surface area contributed by atoms with E-state index < -0.39 is 0 Å². The molecular formula is C18H15NO2. The fourth-order valence-electron chi connectivity index (χ4n) is 2.15. The van der Waals surface area contributed by atoms with Gasteiger partial charge in [-0.2, -0.15) is 0 Å². The van der Waals surface area contributed by atoms with E-state index in [0.717, 1.165) is 16.9 Å². The zero-order valence-corrected chi connectivity index (χ0v) is 11.4. The molecule has 3 rings (SSSR count). The Morgan fingerprint density at radius 2 is 1.62 bits per heavy atom. The van der Waals surface area contributed by atoms with Crippen LogP contribution in [0.4, 0.5) is 0 Å². The summed E-state index contributed by atoms with van der Waals surface area (Å²) in [4.78, 5) is 4.20. The molecule has 2 aromatic carbocycles. The van der Waals surface area contributed by atoms with Gasteiger partial charge < -0.3 is 9.84 Å². The molecule has 1 aromatic heterocycles. The fourth-order valence-corrected chi connectivity index (χ4v) is 2.15. The number of nitrogens with zero attached hydrogens (tertiary/aromatic N) is 1.